The van der Waals surface area contributed by atoms with Crippen LogP contribution in [0.5, 0.6) is 0 Å². The lowest BCUT2D eigenvalue weighted by Gasteiger charge is -2.38. The van der Waals surface area contributed by atoms with Gasteiger partial charge in [-0.2, -0.15) is 0 Å². The third-order valence-electron chi connectivity index (χ3n) is 3.60. The van der Waals surface area contributed by atoms with Crippen LogP contribution in [0.4, 0.5) is 10.5 Å². The molecule has 0 unspecified atom stereocenters. The Kier molecular flexibility index (Phi) is 4.07. The molecule has 0 aromatic heterocycles. The lowest BCUT2D eigenvalue weighted by molar-refractivity contribution is 0.131. The van der Waals surface area contributed by atoms with Crippen molar-refractivity contribution < 1.29 is 9.90 Å². The topological polar surface area (TPSA) is 43.8 Å². The Labute approximate surface area is 108 Å². The highest BCUT2D eigenvalue weighted by atomic mass is 16.4. The van der Waals surface area contributed by atoms with E-state index in [0.717, 1.165) is 19.4 Å². The van der Waals surface area contributed by atoms with Crippen molar-refractivity contribution in [3.8, 4) is 0 Å². The maximum Gasteiger partial charge on any atom is 0.407 e. The van der Waals surface area contributed by atoms with Crippen molar-refractivity contribution in [2.24, 2.45) is 0 Å². The molecule has 1 aliphatic rings. The van der Waals surface area contributed by atoms with E-state index in [-0.39, 0.29) is 0 Å². The summed E-state index contributed by atoms with van der Waals surface area (Å²) >= 11 is 0. The van der Waals surface area contributed by atoms with Gasteiger partial charge in [-0.1, -0.05) is 18.2 Å². The number of amides is 1. The van der Waals surface area contributed by atoms with Gasteiger partial charge in [0.15, 0.2) is 0 Å². The molecule has 1 amide bonds. The molecule has 0 aliphatic carbocycles. The first kappa shape index (κ1) is 12.7. The number of anilines is 1. The Morgan fingerprint density at radius 1 is 1.33 bits per heavy atom. The van der Waals surface area contributed by atoms with Gasteiger partial charge in [0.05, 0.1) is 0 Å². The summed E-state index contributed by atoms with van der Waals surface area (Å²) in [5.74, 6) is 0. The Hall–Kier alpha value is -1.71. The second kappa shape index (κ2) is 5.76. The molecule has 98 valence electrons. The summed E-state index contributed by atoms with van der Waals surface area (Å²) in [6.07, 6.45) is 1.03. The van der Waals surface area contributed by atoms with E-state index in [1.807, 2.05) is 18.2 Å². The maximum absolute atomic E-state index is 10.9. The molecule has 1 saturated heterocycles. The molecular weight excluding hydrogens is 228 g/mol. The predicted octanol–water partition coefficient (Wildman–Crippen LogP) is 2.66. The van der Waals surface area contributed by atoms with Crippen LogP contribution in [0.1, 0.15) is 19.8 Å². The normalized spacial score (nSPS) is 16.6. The predicted molar refractivity (Wildman–Crippen MR) is 72.1 cm³/mol. The highest BCUT2D eigenvalue weighted by molar-refractivity contribution is 5.65. The minimum absolute atomic E-state index is 0.452. The van der Waals surface area contributed by atoms with Gasteiger partial charge in [0.1, 0.15) is 0 Å². The van der Waals surface area contributed by atoms with Crippen molar-refractivity contribution in [2.75, 3.05) is 24.5 Å². The van der Waals surface area contributed by atoms with E-state index in [9.17, 15) is 4.79 Å². The number of benzene rings is 1. The summed E-state index contributed by atoms with van der Waals surface area (Å²) in [6.45, 7) is 4.39. The molecule has 1 aromatic carbocycles. The molecule has 0 saturated carbocycles. The Bertz CT molecular complexity index is 386. The van der Waals surface area contributed by atoms with Gasteiger partial charge in [0.2, 0.25) is 0 Å². The zero-order valence-electron chi connectivity index (χ0n) is 10.7. The second-order valence-electron chi connectivity index (χ2n) is 4.62. The van der Waals surface area contributed by atoms with E-state index in [0.29, 0.717) is 19.1 Å². The highest BCUT2D eigenvalue weighted by Gasteiger charge is 2.25. The summed E-state index contributed by atoms with van der Waals surface area (Å²) in [6, 6.07) is 10.8. The van der Waals surface area contributed by atoms with Crippen molar-refractivity contribution in [3.05, 3.63) is 30.3 Å². The summed E-state index contributed by atoms with van der Waals surface area (Å²) in [4.78, 5) is 14.8. The van der Waals surface area contributed by atoms with E-state index in [1.54, 1.807) is 0 Å². The fourth-order valence-corrected chi connectivity index (χ4v) is 2.64. The lowest BCUT2D eigenvalue weighted by Crippen LogP contribution is -2.46. The van der Waals surface area contributed by atoms with Crippen LogP contribution in [-0.4, -0.2) is 41.8 Å². The van der Waals surface area contributed by atoms with E-state index >= 15 is 0 Å². The molecule has 1 heterocycles. The van der Waals surface area contributed by atoms with Crippen LogP contribution in [0.25, 0.3) is 0 Å². The molecule has 1 N–H and O–H groups in total. The largest absolute Gasteiger partial charge is 0.465 e. The van der Waals surface area contributed by atoms with Crippen LogP contribution in [-0.2, 0) is 0 Å². The van der Waals surface area contributed by atoms with Gasteiger partial charge in [0, 0.05) is 31.4 Å². The molecule has 0 bridgehead atoms. The van der Waals surface area contributed by atoms with Crippen molar-refractivity contribution in [2.45, 2.75) is 25.8 Å². The minimum atomic E-state index is -0.795. The van der Waals surface area contributed by atoms with E-state index in [1.165, 1.54) is 10.6 Å². The third-order valence-corrected chi connectivity index (χ3v) is 3.60. The second-order valence-corrected chi connectivity index (χ2v) is 4.62. The first-order valence-electron chi connectivity index (χ1n) is 6.52. The fraction of sp³-hybridized carbons (Fsp3) is 0.500. The summed E-state index contributed by atoms with van der Waals surface area (Å²) in [5, 5.41) is 8.95. The number of carbonyl (C=O) groups is 1. The van der Waals surface area contributed by atoms with Crippen LogP contribution < -0.4 is 4.90 Å². The fourth-order valence-electron chi connectivity index (χ4n) is 2.64. The van der Waals surface area contributed by atoms with Gasteiger partial charge >= 0.3 is 6.09 Å². The van der Waals surface area contributed by atoms with Crippen molar-refractivity contribution in [1.29, 1.82) is 0 Å². The Morgan fingerprint density at radius 3 is 2.44 bits per heavy atom. The van der Waals surface area contributed by atoms with Gasteiger partial charge in [-0.25, -0.2) is 4.79 Å². The third kappa shape index (κ3) is 2.75. The van der Waals surface area contributed by atoms with Crippen LogP contribution in [0, 0.1) is 0 Å². The molecule has 0 spiro atoms. The first-order valence-corrected chi connectivity index (χ1v) is 6.52. The molecule has 1 fully saturated rings. The van der Waals surface area contributed by atoms with Gasteiger partial charge in [-0.15, -0.1) is 0 Å². The number of rotatable bonds is 3. The highest BCUT2D eigenvalue weighted by Crippen LogP contribution is 2.23. The number of hydrogen-bond acceptors (Lipinski definition) is 2. The molecule has 0 atom stereocenters. The Balaban J connectivity index is 2.01. The number of piperidine rings is 1. The molecule has 0 radical (unpaired) electrons. The average Bonchev–Trinajstić information content (AvgIpc) is 2.41. The molecular formula is C14H20N2O2. The van der Waals surface area contributed by atoms with Gasteiger partial charge in [-0.05, 0) is 31.9 Å². The number of carboxylic acid groups (broad SMARTS) is 1. The van der Waals surface area contributed by atoms with Crippen LogP contribution in [0.15, 0.2) is 30.3 Å². The molecule has 18 heavy (non-hydrogen) atoms. The Morgan fingerprint density at radius 2 is 1.94 bits per heavy atom. The van der Waals surface area contributed by atoms with E-state index in [4.69, 9.17) is 5.11 Å². The van der Waals surface area contributed by atoms with Crippen molar-refractivity contribution >= 4 is 11.8 Å². The zero-order chi connectivity index (χ0) is 13.0. The molecule has 1 aliphatic heterocycles. The smallest absolute Gasteiger partial charge is 0.407 e. The first-order chi connectivity index (χ1) is 8.72. The van der Waals surface area contributed by atoms with E-state index in [2.05, 4.69) is 24.0 Å². The molecule has 2 rings (SSSR count). The average molecular weight is 248 g/mol. The summed E-state index contributed by atoms with van der Waals surface area (Å²) in [5.41, 5.74) is 1.23. The summed E-state index contributed by atoms with van der Waals surface area (Å²) < 4.78 is 0. The lowest BCUT2D eigenvalue weighted by atomic mass is 10.0. The van der Waals surface area contributed by atoms with Gasteiger partial charge in [-0.3, -0.25) is 0 Å². The molecule has 4 heteroatoms. The van der Waals surface area contributed by atoms with Gasteiger partial charge in [0.25, 0.3) is 0 Å². The minimum Gasteiger partial charge on any atom is -0.465 e. The molecule has 4 nitrogen and oxygen atoms in total. The quantitative estimate of drug-likeness (QED) is 0.894. The number of para-hydroxylation sites is 1. The van der Waals surface area contributed by atoms with Gasteiger partial charge < -0.3 is 14.9 Å². The van der Waals surface area contributed by atoms with Crippen LogP contribution in [0.3, 0.4) is 0 Å². The number of nitrogens with zero attached hydrogens (tertiary/aromatic N) is 2. The van der Waals surface area contributed by atoms with E-state index < -0.39 is 6.09 Å². The standard InChI is InChI=1S/C14H20N2O2/c1-2-16(12-6-4-3-5-7-12)13-8-10-15(11-9-13)14(17)18/h3-7,13H,2,8-11H2,1H3,(H,17,18). The number of hydrogen-bond donors (Lipinski definition) is 1. The monoisotopic (exact) mass is 248 g/mol. The SMILES string of the molecule is CCN(c1ccccc1)C1CCN(C(=O)O)CC1. The van der Waals surface area contributed by atoms with Crippen LogP contribution >= 0.6 is 0 Å². The molecule has 1 aromatic rings. The van der Waals surface area contributed by atoms with Crippen molar-refractivity contribution in [3.63, 3.8) is 0 Å². The zero-order valence-corrected chi connectivity index (χ0v) is 10.7. The summed E-state index contributed by atoms with van der Waals surface area (Å²) in [7, 11) is 0. The maximum atomic E-state index is 10.9. The number of likely N-dealkylation sites (tertiary alicyclic amines) is 1. The van der Waals surface area contributed by atoms with Crippen LogP contribution in [0.2, 0.25) is 0 Å². The van der Waals surface area contributed by atoms with Crippen molar-refractivity contribution in [1.82, 2.24) is 4.90 Å².